The summed E-state index contributed by atoms with van der Waals surface area (Å²) in [6.07, 6.45) is 1.51. The Kier molecular flexibility index (Phi) is 3.74. The molecule has 1 N–H and O–H groups in total. The molecular weight excluding hydrogens is 256 g/mol. The predicted molar refractivity (Wildman–Crippen MR) is 65.6 cm³/mol. The van der Waals surface area contributed by atoms with E-state index in [2.05, 4.69) is 9.97 Å². The minimum atomic E-state index is -1.05. The van der Waals surface area contributed by atoms with Crippen LogP contribution < -0.4 is 4.74 Å². The lowest BCUT2D eigenvalue weighted by Gasteiger charge is -2.04. The van der Waals surface area contributed by atoms with Gasteiger partial charge in [0.25, 0.3) is 0 Å². The molecule has 0 fully saturated rings. The number of carbonyl (C=O) groups is 1. The molecule has 92 valence electrons. The minimum absolute atomic E-state index is 0.220. The molecule has 0 radical (unpaired) electrons. The Morgan fingerprint density at radius 2 is 2.00 bits per heavy atom. The average molecular weight is 265 g/mol. The van der Waals surface area contributed by atoms with Crippen molar-refractivity contribution >= 4 is 17.6 Å². The quantitative estimate of drug-likeness (QED) is 0.917. The second-order valence-corrected chi connectivity index (χ2v) is 3.84. The smallest absolute Gasteiger partial charge is 0.341 e. The molecule has 2 aromatic rings. The third-order valence-electron chi connectivity index (χ3n) is 2.08. The van der Waals surface area contributed by atoms with Crippen LogP contribution >= 0.6 is 11.6 Å². The molecule has 0 aliphatic heterocycles. The molecule has 1 aromatic heterocycles. The highest BCUT2D eigenvalue weighted by atomic mass is 35.5. The fourth-order valence-electron chi connectivity index (χ4n) is 1.30. The van der Waals surface area contributed by atoms with Crippen molar-refractivity contribution in [3.63, 3.8) is 0 Å². The summed E-state index contributed by atoms with van der Waals surface area (Å²) in [5.41, 5.74) is 0.778. The van der Waals surface area contributed by atoms with Crippen LogP contribution in [0.25, 0.3) is 11.4 Å². The summed E-state index contributed by atoms with van der Waals surface area (Å²) in [7, 11) is 0. The largest absolute Gasteiger partial charge is 0.479 e. The van der Waals surface area contributed by atoms with Crippen LogP contribution in [0.15, 0.2) is 36.5 Å². The Hall–Kier alpha value is -2.14. The highest BCUT2D eigenvalue weighted by molar-refractivity contribution is 6.30. The summed E-state index contributed by atoms with van der Waals surface area (Å²) in [6.45, 7) is -0.433. The van der Waals surface area contributed by atoms with Crippen LogP contribution in [0.4, 0.5) is 0 Å². The van der Waals surface area contributed by atoms with E-state index >= 15 is 0 Å². The van der Waals surface area contributed by atoms with Gasteiger partial charge in [-0.05, 0) is 24.3 Å². The van der Waals surface area contributed by atoms with E-state index in [-0.39, 0.29) is 5.88 Å². The number of benzene rings is 1. The van der Waals surface area contributed by atoms with Gasteiger partial charge in [0.1, 0.15) is 0 Å². The maximum Gasteiger partial charge on any atom is 0.341 e. The maximum absolute atomic E-state index is 10.4. The van der Waals surface area contributed by atoms with Crippen LogP contribution in [0.3, 0.4) is 0 Å². The fourth-order valence-corrected chi connectivity index (χ4v) is 1.42. The number of carboxylic acids is 1. The number of rotatable bonds is 4. The van der Waals surface area contributed by atoms with E-state index in [9.17, 15) is 4.79 Å². The topological polar surface area (TPSA) is 72.3 Å². The lowest BCUT2D eigenvalue weighted by Crippen LogP contribution is -2.10. The summed E-state index contributed by atoms with van der Waals surface area (Å²) in [5, 5.41) is 9.13. The van der Waals surface area contributed by atoms with Crippen LogP contribution in [0.5, 0.6) is 5.88 Å². The van der Waals surface area contributed by atoms with Crippen molar-refractivity contribution in [1.29, 1.82) is 0 Å². The number of aromatic nitrogens is 2. The van der Waals surface area contributed by atoms with Crippen molar-refractivity contribution in [2.24, 2.45) is 0 Å². The molecule has 0 aliphatic carbocycles. The van der Waals surface area contributed by atoms with Crippen LogP contribution in [-0.2, 0) is 4.79 Å². The number of halogens is 1. The first-order valence-electron chi connectivity index (χ1n) is 5.09. The lowest BCUT2D eigenvalue weighted by molar-refractivity contribution is -0.139. The number of ether oxygens (including phenoxy) is 1. The summed E-state index contributed by atoms with van der Waals surface area (Å²) in [4.78, 5) is 18.6. The monoisotopic (exact) mass is 264 g/mol. The number of aliphatic carboxylic acids is 1. The van der Waals surface area contributed by atoms with Gasteiger partial charge in [-0.2, -0.15) is 4.98 Å². The van der Waals surface area contributed by atoms with Gasteiger partial charge < -0.3 is 9.84 Å². The van der Waals surface area contributed by atoms with Gasteiger partial charge in [-0.3, -0.25) is 0 Å². The zero-order chi connectivity index (χ0) is 13.0. The molecule has 1 heterocycles. The fraction of sp³-hybridized carbons (Fsp3) is 0.0833. The highest BCUT2D eigenvalue weighted by Gasteiger charge is 2.05. The van der Waals surface area contributed by atoms with Crippen molar-refractivity contribution in [3.05, 3.63) is 41.6 Å². The molecule has 1 aromatic carbocycles. The Bertz CT molecular complexity index is 558. The van der Waals surface area contributed by atoms with Crippen molar-refractivity contribution in [2.75, 3.05) is 6.61 Å². The second-order valence-electron chi connectivity index (χ2n) is 3.41. The number of nitrogens with zero attached hydrogens (tertiary/aromatic N) is 2. The Labute approximate surface area is 108 Å². The van der Waals surface area contributed by atoms with Gasteiger partial charge in [-0.15, -0.1) is 0 Å². The highest BCUT2D eigenvalue weighted by Crippen LogP contribution is 2.19. The van der Waals surface area contributed by atoms with E-state index in [4.69, 9.17) is 21.4 Å². The third-order valence-corrected chi connectivity index (χ3v) is 2.33. The van der Waals surface area contributed by atoms with Crippen molar-refractivity contribution in [3.8, 4) is 17.3 Å². The van der Waals surface area contributed by atoms with Gasteiger partial charge in [0.2, 0.25) is 5.88 Å². The first-order valence-corrected chi connectivity index (χ1v) is 5.46. The Morgan fingerprint density at radius 3 is 2.67 bits per heavy atom. The van der Waals surface area contributed by atoms with Gasteiger partial charge in [0.05, 0.1) is 0 Å². The van der Waals surface area contributed by atoms with E-state index in [0.29, 0.717) is 10.8 Å². The molecule has 0 saturated carbocycles. The van der Waals surface area contributed by atoms with Gasteiger partial charge in [0, 0.05) is 22.8 Å². The molecule has 18 heavy (non-hydrogen) atoms. The van der Waals surface area contributed by atoms with Crippen molar-refractivity contribution in [2.45, 2.75) is 0 Å². The molecule has 0 bridgehead atoms. The summed E-state index contributed by atoms with van der Waals surface area (Å²) < 4.78 is 4.98. The molecule has 6 heteroatoms. The van der Waals surface area contributed by atoms with Crippen molar-refractivity contribution in [1.82, 2.24) is 9.97 Å². The number of hydrogen-bond acceptors (Lipinski definition) is 4. The van der Waals surface area contributed by atoms with E-state index < -0.39 is 12.6 Å². The normalized spacial score (nSPS) is 10.1. The average Bonchev–Trinajstić information content (AvgIpc) is 2.37. The Balaban J connectivity index is 2.21. The summed E-state index contributed by atoms with van der Waals surface area (Å²) >= 11 is 5.78. The van der Waals surface area contributed by atoms with Crippen LogP contribution in [-0.4, -0.2) is 27.7 Å². The molecule has 0 spiro atoms. The van der Waals surface area contributed by atoms with Crippen LogP contribution in [0.2, 0.25) is 5.02 Å². The number of carboxylic acid groups (broad SMARTS) is 1. The number of hydrogen-bond donors (Lipinski definition) is 1. The predicted octanol–water partition coefficient (Wildman–Crippen LogP) is 2.26. The molecule has 0 unspecified atom stereocenters. The first-order chi connectivity index (χ1) is 8.65. The maximum atomic E-state index is 10.4. The SMILES string of the molecule is O=C(O)COc1ccnc(-c2ccc(Cl)cc2)n1. The van der Waals surface area contributed by atoms with Gasteiger partial charge in [0.15, 0.2) is 12.4 Å². The molecule has 0 atom stereocenters. The molecule has 5 nitrogen and oxygen atoms in total. The molecule has 0 saturated heterocycles. The second kappa shape index (κ2) is 5.46. The van der Waals surface area contributed by atoms with Gasteiger partial charge >= 0.3 is 5.97 Å². The van der Waals surface area contributed by atoms with Crippen molar-refractivity contribution < 1.29 is 14.6 Å². The molecular formula is C12H9ClN2O3. The van der Waals surface area contributed by atoms with Gasteiger partial charge in [-0.25, -0.2) is 9.78 Å². The third kappa shape index (κ3) is 3.18. The van der Waals surface area contributed by atoms with E-state index in [0.717, 1.165) is 5.56 Å². The van der Waals surface area contributed by atoms with E-state index in [1.165, 1.54) is 12.3 Å². The molecule has 2 rings (SSSR count). The summed E-state index contributed by atoms with van der Waals surface area (Å²) in [6, 6.07) is 8.51. The minimum Gasteiger partial charge on any atom is -0.479 e. The van der Waals surface area contributed by atoms with E-state index in [1.807, 2.05) is 0 Å². The zero-order valence-electron chi connectivity index (χ0n) is 9.21. The van der Waals surface area contributed by atoms with E-state index in [1.54, 1.807) is 24.3 Å². The Morgan fingerprint density at radius 1 is 1.28 bits per heavy atom. The van der Waals surface area contributed by atoms with Gasteiger partial charge in [-0.1, -0.05) is 11.6 Å². The standard InChI is InChI=1S/C12H9ClN2O3/c13-9-3-1-8(2-4-9)12-14-6-5-10(15-12)18-7-11(16)17/h1-6H,7H2,(H,16,17). The van der Waals surface area contributed by atoms with Crippen LogP contribution in [0.1, 0.15) is 0 Å². The first kappa shape index (κ1) is 12.3. The van der Waals surface area contributed by atoms with Crippen LogP contribution in [0, 0.1) is 0 Å². The molecule has 0 aliphatic rings. The molecule has 0 amide bonds. The lowest BCUT2D eigenvalue weighted by atomic mass is 10.2. The summed E-state index contributed by atoms with van der Waals surface area (Å²) in [5.74, 6) is -0.381. The zero-order valence-corrected chi connectivity index (χ0v) is 9.96.